The molecule has 1 unspecified atom stereocenters. The van der Waals surface area contributed by atoms with Crippen LogP contribution >= 0.6 is 0 Å². The topological polar surface area (TPSA) is 48.0 Å². The molecule has 1 aliphatic heterocycles. The first kappa shape index (κ1) is 17.1. The monoisotopic (exact) mass is 341 g/mol. The third-order valence-corrected chi connectivity index (χ3v) is 4.65. The number of carbonyl (C=O) groups excluding carboxylic acids is 1. The lowest BCUT2D eigenvalue weighted by molar-refractivity contribution is 0.0732. The van der Waals surface area contributed by atoms with Gasteiger partial charge in [0.05, 0.1) is 32.9 Å². The van der Waals surface area contributed by atoms with Gasteiger partial charge in [-0.05, 0) is 42.7 Å². The molecule has 0 spiro atoms. The number of carbonyl (C=O) groups is 1. The second-order valence-corrected chi connectivity index (χ2v) is 6.00. The Balaban J connectivity index is 1.87. The van der Waals surface area contributed by atoms with Crippen LogP contribution in [0.4, 0.5) is 0 Å². The number of amides is 1. The first-order valence-corrected chi connectivity index (χ1v) is 8.35. The van der Waals surface area contributed by atoms with Gasteiger partial charge in [0, 0.05) is 12.6 Å². The molecule has 0 N–H and O–H groups in total. The summed E-state index contributed by atoms with van der Waals surface area (Å²) in [5.41, 5.74) is 1.68. The van der Waals surface area contributed by atoms with E-state index in [0.29, 0.717) is 17.1 Å². The molecule has 0 radical (unpaired) electrons. The summed E-state index contributed by atoms with van der Waals surface area (Å²) >= 11 is 0. The molecule has 1 fully saturated rings. The zero-order chi connectivity index (χ0) is 17.8. The van der Waals surface area contributed by atoms with E-state index in [0.717, 1.165) is 30.7 Å². The Labute approximate surface area is 148 Å². The molecule has 0 aromatic heterocycles. The molecule has 2 aromatic carbocycles. The summed E-state index contributed by atoms with van der Waals surface area (Å²) in [5, 5.41) is 0. The summed E-state index contributed by atoms with van der Waals surface area (Å²) in [6, 6.07) is 13.3. The summed E-state index contributed by atoms with van der Waals surface area (Å²) in [5.74, 6) is 2.00. The van der Waals surface area contributed by atoms with Crippen molar-refractivity contribution in [2.24, 2.45) is 0 Å². The number of hydrogen-bond acceptors (Lipinski definition) is 4. The van der Waals surface area contributed by atoms with Gasteiger partial charge < -0.3 is 19.1 Å². The fraction of sp³-hybridized carbons (Fsp3) is 0.350. The van der Waals surface area contributed by atoms with Crippen LogP contribution in [0.3, 0.4) is 0 Å². The minimum Gasteiger partial charge on any atom is -0.497 e. The van der Waals surface area contributed by atoms with Gasteiger partial charge in [0.25, 0.3) is 5.91 Å². The molecule has 5 heteroatoms. The highest BCUT2D eigenvalue weighted by atomic mass is 16.5. The number of hydrogen-bond donors (Lipinski definition) is 0. The third-order valence-electron chi connectivity index (χ3n) is 4.65. The molecule has 1 saturated heterocycles. The SMILES string of the molecule is COc1ccc(C2CCCN2C(=O)c2ccc(OC)cc2OC)cc1. The fourth-order valence-electron chi connectivity index (χ4n) is 3.31. The highest BCUT2D eigenvalue weighted by Crippen LogP contribution is 2.35. The minimum absolute atomic E-state index is 0.0159. The number of likely N-dealkylation sites (tertiary alicyclic amines) is 1. The lowest BCUT2D eigenvalue weighted by Gasteiger charge is -2.26. The van der Waals surface area contributed by atoms with Crippen molar-refractivity contribution in [1.82, 2.24) is 4.90 Å². The van der Waals surface area contributed by atoms with Gasteiger partial charge in [-0.1, -0.05) is 12.1 Å². The molecule has 0 bridgehead atoms. The van der Waals surface area contributed by atoms with E-state index in [9.17, 15) is 4.79 Å². The molecule has 25 heavy (non-hydrogen) atoms. The van der Waals surface area contributed by atoms with Crippen molar-refractivity contribution in [3.8, 4) is 17.2 Å². The summed E-state index contributed by atoms with van der Waals surface area (Å²) < 4.78 is 15.8. The van der Waals surface area contributed by atoms with Crippen LogP contribution < -0.4 is 14.2 Å². The van der Waals surface area contributed by atoms with Crippen molar-refractivity contribution >= 4 is 5.91 Å². The number of nitrogens with zero attached hydrogens (tertiary/aromatic N) is 1. The maximum absolute atomic E-state index is 13.1. The van der Waals surface area contributed by atoms with E-state index in [2.05, 4.69) is 0 Å². The Bertz CT molecular complexity index is 742. The zero-order valence-electron chi connectivity index (χ0n) is 14.8. The normalized spacial score (nSPS) is 16.6. The van der Waals surface area contributed by atoms with Crippen LogP contribution in [0.1, 0.15) is 34.8 Å². The molecule has 1 atom stereocenters. The number of rotatable bonds is 5. The highest BCUT2D eigenvalue weighted by Gasteiger charge is 2.32. The lowest BCUT2D eigenvalue weighted by Crippen LogP contribution is -2.30. The zero-order valence-corrected chi connectivity index (χ0v) is 14.8. The van der Waals surface area contributed by atoms with Crippen LogP contribution in [0.2, 0.25) is 0 Å². The van der Waals surface area contributed by atoms with Gasteiger partial charge in [0.1, 0.15) is 17.2 Å². The second-order valence-electron chi connectivity index (χ2n) is 6.00. The highest BCUT2D eigenvalue weighted by molar-refractivity contribution is 5.97. The van der Waals surface area contributed by atoms with Crippen LogP contribution in [0.5, 0.6) is 17.2 Å². The average Bonchev–Trinajstić information content (AvgIpc) is 3.16. The van der Waals surface area contributed by atoms with E-state index in [1.807, 2.05) is 29.2 Å². The largest absolute Gasteiger partial charge is 0.497 e. The number of methoxy groups -OCH3 is 3. The molecular weight excluding hydrogens is 318 g/mol. The van der Waals surface area contributed by atoms with Gasteiger partial charge >= 0.3 is 0 Å². The Morgan fingerprint density at radius 3 is 2.28 bits per heavy atom. The molecule has 0 aliphatic carbocycles. The molecule has 3 rings (SSSR count). The molecule has 0 saturated carbocycles. The number of ether oxygens (including phenoxy) is 3. The van der Waals surface area contributed by atoms with Gasteiger partial charge in [-0.15, -0.1) is 0 Å². The van der Waals surface area contributed by atoms with Gasteiger partial charge in [-0.2, -0.15) is 0 Å². The first-order chi connectivity index (χ1) is 12.2. The van der Waals surface area contributed by atoms with Crippen molar-refractivity contribution in [2.45, 2.75) is 18.9 Å². The summed E-state index contributed by atoms with van der Waals surface area (Å²) in [7, 11) is 4.81. The van der Waals surface area contributed by atoms with Crippen LogP contribution in [-0.4, -0.2) is 38.7 Å². The standard InChI is InChI=1S/C20H23NO4/c1-23-15-8-6-14(7-9-15)18-5-4-12-21(18)20(22)17-11-10-16(24-2)13-19(17)25-3/h6-11,13,18H,4-5,12H2,1-3H3. The van der Waals surface area contributed by atoms with E-state index in [4.69, 9.17) is 14.2 Å². The summed E-state index contributed by atoms with van der Waals surface area (Å²) in [6.45, 7) is 0.741. The van der Waals surface area contributed by atoms with Crippen molar-refractivity contribution in [3.63, 3.8) is 0 Å². The van der Waals surface area contributed by atoms with Crippen molar-refractivity contribution in [2.75, 3.05) is 27.9 Å². The molecule has 5 nitrogen and oxygen atoms in total. The van der Waals surface area contributed by atoms with Crippen LogP contribution in [0.15, 0.2) is 42.5 Å². The smallest absolute Gasteiger partial charge is 0.258 e. The second kappa shape index (κ2) is 7.47. The maximum Gasteiger partial charge on any atom is 0.258 e. The fourth-order valence-corrected chi connectivity index (χ4v) is 3.31. The quantitative estimate of drug-likeness (QED) is 0.832. The van der Waals surface area contributed by atoms with Crippen LogP contribution in [0, 0.1) is 0 Å². The van der Waals surface area contributed by atoms with Crippen molar-refractivity contribution < 1.29 is 19.0 Å². The van der Waals surface area contributed by atoms with E-state index >= 15 is 0 Å². The maximum atomic E-state index is 13.1. The van der Waals surface area contributed by atoms with Crippen molar-refractivity contribution in [3.05, 3.63) is 53.6 Å². The van der Waals surface area contributed by atoms with E-state index in [-0.39, 0.29) is 11.9 Å². The van der Waals surface area contributed by atoms with E-state index in [1.165, 1.54) is 0 Å². The summed E-state index contributed by atoms with van der Waals surface area (Å²) in [6.07, 6.45) is 1.94. The molecular formula is C20H23NO4. The lowest BCUT2D eigenvalue weighted by atomic mass is 10.0. The predicted molar refractivity (Wildman–Crippen MR) is 95.6 cm³/mol. The van der Waals surface area contributed by atoms with Crippen molar-refractivity contribution in [1.29, 1.82) is 0 Å². The van der Waals surface area contributed by atoms with E-state index in [1.54, 1.807) is 39.5 Å². The first-order valence-electron chi connectivity index (χ1n) is 8.35. The Morgan fingerprint density at radius 2 is 1.64 bits per heavy atom. The van der Waals surface area contributed by atoms with Gasteiger partial charge in [-0.25, -0.2) is 0 Å². The Morgan fingerprint density at radius 1 is 0.960 bits per heavy atom. The summed E-state index contributed by atoms with van der Waals surface area (Å²) in [4.78, 5) is 15.0. The molecule has 132 valence electrons. The third kappa shape index (κ3) is 3.40. The molecule has 1 amide bonds. The molecule has 1 aliphatic rings. The molecule has 1 heterocycles. The van der Waals surface area contributed by atoms with E-state index < -0.39 is 0 Å². The average molecular weight is 341 g/mol. The Hall–Kier alpha value is -2.69. The van der Waals surface area contributed by atoms with Gasteiger partial charge in [0.15, 0.2) is 0 Å². The van der Waals surface area contributed by atoms with Gasteiger partial charge in [-0.3, -0.25) is 4.79 Å². The Kier molecular flexibility index (Phi) is 5.12. The van der Waals surface area contributed by atoms with Gasteiger partial charge in [0.2, 0.25) is 0 Å². The van der Waals surface area contributed by atoms with Crippen LogP contribution in [0.25, 0.3) is 0 Å². The number of benzene rings is 2. The van der Waals surface area contributed by atoms with Crippen LogP contribution in [-0.2, 0) is 0 Å². The molecule has 2 aromatic rings. The predicted octanol–water partition coefficient (Wildman–Crippen LogP) is 3.69. The minimum atomic E-state index is -0.0159.